The Morgan fingerprint density at radius 2 is 1.54 bits per heavy atom. The number of ether oxygens (including phenoxy) is 2. The number of esters is 1. The van der Waals surface area contributed by atoms with E-state index in [-0.39, 0.29) is 0 Å². The summed E-state index contributed by atoms with van der Waals surface area (Å²) in [6.07, 6.45) is 0. The van der Waals surface area contributed by atoms with Gasteiger partial charge in [0.05, 0.1) is 36.8 Å². The van der Waals surface area contributed by atoms with Gasteiger partial charge in [-0.05, 0) is 39.0 Å². The third-order valence-electron chi connectivity index (χ3n) is 3.98. The Morgan fingerprint density at radius 3 is 2.15 bits per heavy atom. The summed E-state index contributed by atoms with van der Waals surface area (Å²) in [6.45, 7) is 5.35. The van der Waals surface area contributed by atoms with Crippen molar-refractivity contribution in [1.82, 2.24) is 19.9 Å². The van der Waals surface area contributed by atoms with Crippen LogP contribution < -0.4 is 10.1 Å². The molecule has 1 aromatic carbocycles. The highest BCUT2D eigenvalue weighted by atomic mass is 16.5. The molecule has 26 heavy (non-hydrogen) atoms. The van der Waals surface area contributed by atoms with Crippen LogP contribution in [0.1, 0.15) is 27.4 Å². The van der Waals surface area contributed by atoms with Crippen molar-refractivity contribution in [1.29, 1.82) is 0 Å². The lowest BCUT2D eigenvalue weighted by Crippen LogP contribution is -2.12. The van der Waals surface area contributed by atoms with E-state index in [0.29, 0.717) is 28.8 Å². The Hall–Kier alpha value is -3.29. The van der Waals surface area contributed by atoms with Crippen LogP contribution in [0.4, 0.5) is 11.9 Å². The normalized spacial score (nSPS) is 10.7. The standard InChI is InChI=1S/C18H19N5O3/c1-9-13-8-12(25-4)6-7-14(13)22-18(19-9)23-17-20-10(2)15(11(3)21-17)16(24)26-5/h6-8H,1-5H3,(H,19,20,21,22,23). The lowest BCUT2D eigenvalue weighted by Gasteiger charge is -2.11. The van der Waals surface area contributed by atoms with E-state index in [2.05, 4.69) is 25.3 Å². The molecule has 0 radical (unpaired) electrons. The first-order chi connectivity index (χ1) is 12.4. The van der Waals surface area contributed by atoms with Crippen LogP contribution in [-0.2, 0) is 4.74 Å². The number of nitrogens with one attached hydrogen (secondary N) is 1. The molecule has 2 heterocycles. The monoisotopic (exact) mass is 353 g/mol. The Bertz CT molecular complexity index is 981. The number of nitrogens with zero attached hydrogens (tertiary/aromatic N) is 4. The summed E-state index contributed by atoms with van der Waals surface area (Å²) in [4.78, 5) is 29.4. The van der Waals surface area contributed by atoms with Gasteiger partial charge in [0.15, 0.2) is 0 Å². The van der Waals surface area contributed by atoms with Gasteiger partial charge in [0.1, 0.15) is 11.3 Å². The molecule has 3 aromatic rings. The van der Waals surface area contributed by atoms with Crippen molar-refractivity contribution in [3.05, 3.63) is 40.8 Å². The van der Waals surface area contributed by atoms with Crippen molar-refractivity contribution in [2.24, 2.45) is 0 Å². The van der Waals surface area contributed by atoms with Gasteiger partial charge in [-0.25, -0.2) is 24.7 Å². The highest BCUT2D eigenvalue weighted by Crippen LogP contribution is 2.23. The zero-order chi connectivity index (χ0) is 18.8. The minimum atomic E-state index is -0.460. The minimum absolute atomic E-state index is 0.319. The maximum Gasteiger partial charge on any atom is 0.341 e. The highest BCUT2D eigenvalue weighted by Gasteiger charge is 2.17. The van der Waals surface area contributed by atoms with Gasteiger partial charge in [-0.1, -0.05) is 0 Å². The van der Waals surface area contributed by atoms with E-state index in [4.69, 9.17) is 9.47 Å². The molecule has 0 amide bonds. The molecule has 0 aliphatic carbocycles. The largest absolute Gasteiger partial charge is 0.497 e. The van der Waals surface area contributed by atoms with Crippen molar-refractivity contribution in [2.45, 2.75) is 20.8 Å². The van der Waals surface area contributed by atoms with Gasteiger partial charge in [0, 0.05) is 5.39 Å². The Kier molecular flexibility index (Phi) is 4.66. The summed E-state index contributed by atoms with van der Waals surface area (Å²) in [6, 6.07) is 5.60. The van der Waals surface area contributed by atoms with Crippen LogP contribution in [0.2, 0.25) is 0 Å². The molecule has 0 aliphatic rings. The van der Waals surface area contributed by atoms with E-state index in [1.807, 2.05) is 25.1 Å². The van der Waals surface area contributed by atoms with Gasteiger partial charge < -0.3 is 9.47 Å². The zero-order valence-electron chi connectivity index (χ0n) is 15.2. The molecule has 0 saturated heterocycles. The van der Waals surface area contributed by atoms with Crippen LogP contribution >= 0.6 is 0 Å². The number of hydrogen-bond donors (Lipinski definition) is 1. The first-order valence-electron chi connectivity index (χ1n) is 7.96. The molecule has 134 valence electrons. The van der Waals surface area contributed by atoms with Crippen LogP contribution in [0.3, 0.4) is 0 Å². The number of benzene rings is 1. The molecule has 0 unspecified atom stereocenters. The zero-order valence-corrected chi connectivity index (χ0v) is 15.2. The molecule has 0 bridgehead atoms. The molecule has 0 spiro atoms. The summed E-state index contributed by atoms with van der Waals surface area (Å²) in [5.41, 5.74) is 2.99. The van der Waals surface area contributed by atoms with Crippen LogP contribution in [0.15, 0.2) is 18.2 Å². The summed E-state index contributed by atoms with van der Waals surface area (Å²) in [7, 11) is 2.95. The second-order valence-corrected chi connectivity index (χ2v) is 5.73. The fraction of sp³-hybridized carbons (Fsp3) is 0.278. The highest BCUT2D eigenvalue weighted by molar-refractivity contribution is 5.91. The summed E-state index contributed by atoms with van der Waals surface area (Å²) in [5.74, 6) is 0.987. The van der Waals surface area contributed by atoms with Crippen LogP contribution in [0.25, 0.3) is 10.9 Å². The fourth-order valence-electron chi connectivity index (χ4n) is 2.71. The fourth-order valence-corrected chi connectivity index (χ4v) is 2.71. The van der Waals surface area contributed by atoms with Gasteiger partial charge >= 0.3 is 5.97 Å². The SMILES string of the molecule is COC(=O)c1c(C)nc(Nc2nc(C)c3cc(OC)ccc3n2)nc1C. The van der Waals surface area contributed by atoms with Crippen molar-refractivity contribution in [2.75, 3.05) is 19.5 Å². The Morgan fingerprint density at radius 1 is 0.923 bits per heavy atom. The molecule has 2 aromatic heterocycles. The van der Waals surface area contributed by atoms with E-state index in [1.165, 1.54) is 7.11 Å². The molecule has 1 N–H and O–H groups in total. The average Bonchev–Trinajstić information content (AvgIpc) is 2.60. The molecule has 0 fully saturated rings. The summed E-state index contributed by atoms with van der Waals surface area (Å²) >= 11 is 0. The number of carbonyl (C=O) groups is 1. The third-order valence-corrected chi connectivity index (χ3v) is 3.98. The molecular formula is C18H19N5O3. The maximum absolute atomic E-state index is 11.8. The number of aromatic nitrogens is 4. The van der Waals surface area contributed by atoms with Crippen LogP contribution in [0.5, 0.6) is 5.75 Å². The van der Waals surface area contributed by atoms with E-state index >= 15 is 0 Å². The molecule has 8 nitrogen and oxygen atoms in total. The van der Waals surface area contributed by atoms with Crippen molar-refractivity contribution >= 4 is 28.8 Å². The van der Waals surface area contributed by atoms with Gasteiger partial charge in [-0.15, -0.1) is 0 Å². The number of rotatable bonds is 4. The van der Waals surface area contributed by atoms with E-state index in [1.54, 1.807) is 21.0 Å². The number of hydrogen-bond acceptors (Lipinski definition) is 8. The lowest BCUT2D eigenvalue weighted by atomic mass is 10.2. The summed E-state index contributed by atoms with van der Waals surface area (Å²) in [5, 5.41) is 3.91. The number of carbonyl (C=O) groups excluding carboxylic acids is 1. The van der Waals surface area contributed by atoms with Crippen LogP contribution in [-0.4, -0.2) is 40.1 Å². The third kappa shape index (κ3) is 3.26. The number of anilines is 2. The number of fused-ring (bicyclic) bond motifs is 1. The topological polar surface area (TPSA) is 99.1 Å². The maximum atomic E-state index is 11.8. The van der Waals surface area contributed by atoms with Gasteiger partial charge in [0.25, 0.3) is 0 Å². The molecule has 0 saturated carbocycles. The Balaban J connectivity index is 1.97. The molecule has 8 heteroatoms. The van der Waals surface area contributed by atoms with Crippen molar-refractivity contribution in [3.63, 3.8) is 0 Å². The van der Waals surface area contributed by atoms with Gasteiger partial charge in [-0.3, -0.25) is 5.32 Å². The number of aryl methyl sites for hydroxylation is 3. The molecule has 3 rings (SSSR count). The first-order valence-corrected chi connectivity index (χ1v) is 7.96. The summed E-state index contributed by atoms with van der Waals surface area (Å²) < 4.78 is 10.0. The number of methoxy groups -OCH3 is 2. The van der Waals surface area contributed by atoms with Crippen molar-refractivity contribution in [3.8, 4) is 5.75 Å². The smallest absolute Gasteiger partial charge is 0.341 e. The molecule has 0 atom stereocenters. The molecular weight excluding hydrogens is 334 g/mol. The van der Waals surface area contributed by atoms with E-state index in [9.17, 15) is 4.79 Å². The van der Waals surface area contributed by atoms with Gasteiger partial charge in [0.2, 0.25) is 11.9 Å². The minimum Gasteiger partial charge on any atom is -0.497 e. The predicted octanol–water partition coefficient (Wildman–Crippen LogP) is 2.88. The van der Waals surface area contributed by atoms with Crippen LogP contribution in [0, 0.1) is 20.8 Å². The predicted molar refractivity (Wildman–Crippen MR) is 97.0 cm³/mol. The second kappa shape index (κ2) is 6.91. The van der Waals surface area contributed by atoms with Crippen molar-refractivity contribution < 1.29 is 14.3 Å². The first kappa shape index (κ1) is 17.5. The lowest BCUT2D eigenvalue weighted by molar-refractivity contribution is 0.0598. The van der Waals surface area contributed by atoms with E-state index < -0.39 is 5.97 Å². The molecule has 0 aliphatic heterocycles. The Labute approximate surface area is 150 Å². The average molecular weight is 353 g/mol. The van der Waals surface area contributed by atoms with Gasteiger partial charge in [-0.2, -0.15) is 0 Å². The second-order valence-electron chi connectivity index (χ2n) is 5.73. The quantitative estimate of drug-likeness (QED) is 0.715. The van der Waals surface area contributed by atoms with E-state index in [0.717, 1.165) is 22.3 Å².